The molecule has 0 aliphatic carbocycles. The van der Waals surface area contributed by atoms with Crippen LogP contribution in [0.4, 0.5) is 10.3 Å². The van der Waals surface area contributed by atoms with Crippen LogP contribution >= 0.6 is 0 Å². The predicted octanol–water partition coefficient (Wildman–Crippen LogP) is 2.59. The van der Waals surface area contributed by atoms with Gasteiger partial charge in [0.2, 0.25) is 5.95 Å². The molecule has 6 nitrogen and oxygen atoms in total. The molecule has 2 atom stereocenters. The third kappa shape index (κ3) is 2.66. The number of nitrogens with zero attached hydrogens (tertiary/aromatic N) is 4. The lowest BCUT2D eigenvalue weighted by molar-refractivity contribution is 0.220. The molecule has 0 radical (unpaired) electrons. The van der Waals surface area contributed by atoms with Gasteiger partial charge in [0, 0.05) is 49.8 Å². The van der Waals surface area contributed by atoms with E-state index < -0.39 is 5.82 Å². The smallest absolute Gasteiger partial charge is 0.255 e. The Morgan fingerprint density at radius 2 is 2.07 bits per heavy atom. The molecule has 1 aromatic carbocycles. The minimum atomic E-state index is -0.494. The molecule has 1 fully saturated rings. The number of benzene rings is 1. The second-order valence-corrected chi connectivity index (χ2v) is 7.31. The van der Waals surface area contributed by atoms with E-state index in [0.717, 1.165) is 25.0 Å². The fraction of sp³-hybridized carbons (Fsp3) is 0.286. The Kier molecular flexibility index (Phi) is 3.89. The van der Waals surface area contributed by atoms with E-state index in [-0.39, 0.29) is 11.1 Å². The summed E-state index contributed by atoms with van der Waals surface area (Å²) >= 11 is 0. The molecule has 28 heavy (non-hydrogen) atoms. The average molecular weight is 378 g/mol. The number of ether oxygens (including phenoxy) is 1. The maximum atomic E-state index is 14.2. The summed E-state index contributed by atoms with van der Waals surface area (Å²) in [4.78, 5) is 23.1. The van der Waals surface area contributed by atoms with Crippen LogP contribution in [0.2, 0.25) is 0 Å². The molecule has 0 amide bonds. The zero-order chi connectivity index (χ0) is 19.3. The molecule has 0 N–H and O–H groups in total. The van der Waals surface area contributed by atoms with Gasteiger partial charge in [0.25, 0.3) is 5.56 Å². The summed E-state index contributed by atoms with van der Waals surface area (Å²) in [6, 6.07) is 11.0. The minimum Gasteiger partial charge on any atom is -0.493 e. The van der Waals surface area contributed by atoms with Crippen LogP contribution in [0.15, 0.2) is 53.6 Å². The Bertz CT molecular complexity index is 1110. The highest BCUT2D eigenvalue weighted by Gasteiger charge is 2.39. The van der Waals surface area contributed by atoms with E-state index in [1.165, 1.54) is 28.5 Å². The summed E-state index contributed by atoms with van der Waals surface area (Å²) in [5, 5.41) is 0. The van der Waals surface area contributed by atoms with E-state index >= 15 is 0 Å². The predicted molar refractivity (Wildman–Crippen MR) is 103 cm³/mol. The van der Waals surface area contributed by atoms with Gasteiger partial charge in [0.1, 0.15) is 5.75 Å². The summed E-state index contributed by atoms with van der Waals surface area (Å²) < 4.78 is 21.6. The number of anilines is 1. The number of para-hydroxylation sites is 1. The molecule has 0 saturated carbocycles. The van der Waals surface area contributed by atoms with E-state index in [1.54, 1.807) is 7.05 Å². The highest BCUT2D eigenvalue weighted by atomic mass is 19.1. The number of halogens is 1. The summed E-state index contributed by atoms with van der Waals surface area (Å²) in [5.74, 6) is 1.63. The number of fused-ring (bicyclic) bond motifs is 3. The Morgan fingerprint density at radius 1 is 1.21 bits per heavy atom. The zero-order valence-electron chi connectivity index (χ0n) is 15.4. The molecule has 0 spiro atoms. The first kappa shape index (κ1) is 16.9. The van der Waals surface area contributed by atoms with Gasteiger partial charge in [-0.2, -0.15) is 0 Å². The van der Waals surface area contributed by atoms with Crippen LogP contribution in [-0.4, -0.2) is 34.2 Å². The Balaban J connectivity index is 1.54. The molecule has 142 valence electrons. The van der Waals surface area contributed by atoms with Crippen molar-refractivity contribution in [2.45, 2.75) is 5.92 Å². The van der Waals surface area contributed by atoms with Crippen LogP contribution in [0.5, 0.6) is 5.75 Å². The molecule has 7 heteroatoms. The van der Waals surface area contributed by atoms with E-state index in [4.69, 9.17) is 4.74 Å². The van der Waals surface area contributed by atoms with Crippen molar-refractivity contribution in [2.24, 2.45) is 13.0 Å². The van der Waals surface area contributed by atoms with Gasteiger partial charge in [0.15, 0.2) is 5.82 Å². The van der Waals surface area contributed by atoms with Crippen molar-refractivity contribution in [3.63, 3.8) is 0 Å². The third-order valence-corrected chi connectivity index (χ3v) is 5.65. The van der Waals surface area contributed by atoms with Crippen LogP contribution in [0.25, 0.3) is 11.3 Å². The van der Waals surface area contributed by atoms with Crippen LogP contribution in [0, 0.1) is 11.7 Å². The number of rotatable bonds is 2. The summed E-state index contributed by atoms with van der Waals surface area (Å²) in [5.41, 5.74) is 1.58. The van der Waals surface area contributed by atoms with Gasteiger partial charge in [0.05, 0.1) is 18.5 Å². The Hall–Kier alpha value is -3.22. The highest BCUT2D eigenvalue weighted by molar-refractivity contribution is 5.60. The zero-order valence-corrected chi connectivity index (χ0v) is 15.4. The monoisotopic (exact) mass is 378 g/mol. The lowest BCUT2D eigenvalue weighted by atomic mass is 9.87. The van der Waals surface area contributed by atoms with Gasteiger partial charge >= 0.3 is 0 Å². The van der Waals surface area contributed by atoms with Crippen molar-refractivity contribution in [1.82, 2.24) is 14.5 Å². The third-order valence-electron chi connectivity index (χ3n) is 5.65. The van der Waals surface area contributed by atoms with Gasteiger partial charge in [-0.1, -0.05) is 18.2 Å². The summed E-state index contributed by atoms with van der Waals surface area (Å²) in [6.07, 6.45) is 2.63. The molecule has 4 heterocycles. The first-order valence-corrected chi connectivity index (χ1v) is 9.26. The van der Waals surface area contributed by atoms with Gasteiger partial charge in [-0.15, -0.1) is 0 Å². The average Bonchev–Trinajstić information content (AvgIpc) is 3.15. The second-order valence-electron chi connectivity index (χ2n) is 7.31. The first-order chi connectivity index (χ1) is 13.6. The number of hydrogen-bond donors (Lipinski definition) is 0. The van der Waals surface area contributed by atoms with Gasteiger partial charge in [-0.05, 0) is 17.7 Å². The molecule has 2 aliphatic rings. The minimum absolute atomic E-state index is 0.220. The number of pyridine rings is 1. The van der Waals surface area contributed by atoms with Gasteiger partial charge in [-0.3, -0.25) is 14.3 Å². The quantitative estimate of drug-likeness (QED) is 0.686. The number of hydrogen-bond acceptors (Lipinski definition) is 5. The van der Waals surface area contributed by atoms with Crippen LogP contribution in [0.3, 0.4) is 0 Å². The molecule has 2 aliphatic heterocycles. The molecule has 5 rings (SSSR count). The lowest BCUT2D eigenvalue weighted by Crippen LogP contribution is -2.30. The van der Waals surface area contributed by atoms with Crippen molar-refractivity contribution in [3.8, 4) is 17.0 Å². The molecule has 0 bridgehead atoms. The number of aromatic nitrogens is 3. The topological polar surface area (TPSA) is 60.2 Å². The molecule has 0 unspecified atom stereocenters. The van der Waals surface area contributed by atoms with Crippen LogP contribution in [0.1, 0.15) is 11.5 Å². The highest BCUT2D eigenvalue weighted by Crippen LogP contribution is 2.42. The van der Waals surface area contributed by atoms with E-state index in [9.17, 15) is 9.18 Å². The van der Waals surface area contributed by atoms with E-state index in [0.29, 0.717) is 30.1 Å². The fourth-order valence-corrected chi connectivity index (χ4v) is 4.20. The maximum Gasteiger partial charge on any atom is 0.255 e. The van der Waals surface area contributed by atoms with E-state index in [2.05, 4.69) is 20.9 Å². The van der Waals surface area contributed by atoms with Crippen molar-refractivity contribution in [3.05, 3.63) is 70.5 Å². The molecule has 1 saturated heterocycles. The summed E-state index contributed by atoms with van der Waals surface area (Å²) in [7, 11) is 1.70. The van der Waals surface area contributed by atoms with Crippen LogP contribution in [-0.2, 0) is 7.05 Å². The summed E-state index contributed by atoms with van der Waals surface area (Å²) in [6.45, 7) is 2.12. The van der Waals surface area contributed by atoms with Crippen LogP contribution < -0.4 is 15.2 Å². The molecule has 2 aromatic heterocycles. The van der Waals surface area contributed by atoms with Gasteiger partial charge in [-0.25, -0.2) is 9.37 Å². The van der Waals surface area contributed by atoms with Gasteiger partial charge < -0.3 is 9.64 Å². The van der Waals surface area contributed by atoms with Crippen molar-refractivity contribution in [2.75, 3.05) is 24.6 Å². The Labute approximate surface area is 161 Å². The van der Waals surface area contributed by atoms with Crippen molar-refractivity contribution < 1.29 is 9.13 Å². The van der Waals surface area contributed by atoms with Crippen molar-refractivity contribution in [1.29, 1.82) is 0 Å². The SMILES string of the molecule is Cn1c(N2C[C@H]3COc4ccccc4[C@H]3C2)nc(-c2ccncc2F)cc1=O. The molecular weight excluding hydrogens is 359 g/mol. The second kappa shape index (κ2) is 6.44. The first-order valence-electron chi connectivity index (χ1n) is 9.26. The largest absolute Gasteiger partial charge is 0.493 e. The maximum absolute atomic E-state index is 14.2. The van der Waals surface area contributed by atoms with Crippen molar-refractivity contribution >= 4 is 5.95 Å². The standard InChI is InChI=1S/C21H19FN4O2/c1-25-20(27)8-18(15-6-7-23-9-17(15)22)24-21(25)26-10-13-12-28-19-5-3-2-4-14(19)16(13)11-26/h2-9,13,16H,10-12H2,1H3/t13-,16-/m0/s1. The van der Waals surface area contributed by atoms with E-state index in [1.807, 2.05) is 18.2 Å². The Morgan fingerprint density at radius 3 is 2.93 bits per heavy atom. The fourth-order valence-electron chi connectivity index (χ4n) is 4.20. The molecule has 3 aromatic rings. The lowest BCUT2D eigenvalue weighted by Gasteiger charge is -2.27. The molecular formula is C21H19FN4O2. The normalized spacial score (nSPS) is 20.4.